The summed E-state index contributed by atoms with van der Waals surface area (Å²) in [6.07, 6.45) is 2.97. The summed E-state index contributed by atoms with van der Waals surface area (Å²) in [6, 6.07) is 4.87. The second-order valence-corrected chi connectivity index (χ2v) is 6.26. The van der Waals surface area contributed by atoms with Crippen LogP contribution in [-0.2, 0) is 0 Å². The van der Waals surface area contributed by atoms with Gasteiger partial charge in [0.25, 0.3) is 11.8 Å². The fourth-order valence-electron chi connectivity index (χ4n) is 2.01. The largest absolute Gasteiger partial charge is 0.459 e. The summed E-state index contributed by atoms with van der Waals surface area (Å²) in [4.78, 5) is 24.3. The molecule has 2 aromatic heterocycles. The topological polar surface area (TPSA) is 97.4 Å². The van der Waals surface area contributed by atoms with Crippen LogP contribution in [0.1, 0.15) is 47.6 Å². The molecule has 0 bridgehead atoms. The number of nitrogens with two attached hydrogens (primary N) is 1. The highest BCUT2D eigenvalue weighted by atomic mass is 35.5. The summed E-state index contributed by atoms with van der Waals surface area (Å²) in [7, 11) is 0. The summed E-state index contributed by atoms with van der Waals surface area (Å²) in [5.74, 6) is -0.442. The third-order valence-corrected chi connectivity index (χ3v) is 4.72. The van der Waals surface area contributed by atoms with Crippen LogP contribution in [0.4, 0.5) is 5.00 Å². The summed E-state index contributed by atoms with van der Waals surface area (Å²) in [6.45, 7) is 4.38. The molecule has 0 aliphatic heterocycles. The van der Waals surface area contributed by atoms with Crippen LogP contribution in [0.5, 0.6) is 0 Å². The standard InChI is InChI=1S/C16H21N3O3S.ClH/c1-3-16(17,4-2)10-18-13(20)11-7-9-23-15(11)19-14(21)12-6-5-8-22-12;/h5-9H,3-4,10,17H2,1-2H3,(H,18,20)(H,19,21);1H. The molecule has 0 radical (unpaired) electrons. The van der Waals surface area contributed by atoms with Gasteiger partial charge in [-0.1, -0.05) is 13.8 Å². The van der Waals surface area contributed by atoms with E-state index in [1.807, 2.05) is 13.8 Å². The van der Waals surface area contributed by atoms with E-state index in [-0.39, 0.29) is 30.0 Å². The van der Waals surface area contributed by atoms with Gasteiger partial charge in [0.2, 0.25) is 0 Å². The summed E-state index contributed by atoms with van der Waals surface area (Å²) in [5.41, 5.74) is 6.19. The number of nitrogens with one attached hydrogen (secondary N) is 2. The molecule has 0 fully saturated rings. The molecular weight excluding hydrogens is 350 g/mol. The van der Waals surface area contributed by atoms with Crippen LogP contribution in [0.25, 0.3) is 0 Å². The zero-order chi connectivity index (χ0) is 16.9. The van der Waals surface area contributed by atoms with Gasteiger partial charge in [0.1, 0.15) is 5.00 Å². The minimum atomic E-state index is -0.413. The van der Waals surface area contributed by atoms with Crippen LogP contribution in [0, 0.1) is 0 Å². The van der Waals surface area contributed by atoms with Crippen LogP contribution in [0.3, 0.4) is 0 Å². The number of carbonyl (C=O) groups excluding carboxylic acids is 2. The van der Waals surface area contributed by atoms with Crippen molar-refractivity contribution >= 4 is 40.6 Å². The molecule has 2 rings (SSSR count). The molecule has 4 N–H and O–H groups in total. The fraction of sp³-hybridized carbons (Fsp3) is 0.375. The van der Waals surface area contributed by atoms with E-state index in [0.717, 1.165) is 12.8 Å². The maximum atomic E-state index is 12.3. The van der Waals surface area contributed by atoms with Crippen molar-refractivity contribution in [1.82, 2.24) is 5.32 Å². The molecule has 0 aromatic carbocycles. The maximum absolute atomic E-state index is 12.3. The first-order valence-corrected chi connectivity index (χ1v) is 8.36. The second-order valence-electron chi connectivity index (χ2n) is 5.35. The lowest BCUT2D eigenvalue weighted by molar-refractivity contribution is 0.0943. The number of hydrogen-bond donors (Lipinski definition) is 3. The van der Waals surface area contributed by atoms with Crippen LogP contribution < -0.4 is 16.4 Å². The Morgan fingerprint density at radius 1 is 1.25 bits per heavy atom. The number of hydrogen-bond acceptors (Lipinski definition) is 5. The van der Waals surface area contributed by atoms with Gasteiger partial charge in [0.15, 0.2) is 5.76 Å². The average Bonchev–Trinajstić information content (AvgIpc) is 3.23. The summed E-state index contributed by atoms with van der Waals surface area (Å²) >= 11 is 1.28. The van der Waals surface area contributed by atoms with Gasteiger partial charge in [0, 0.05) is 12.1 Å². The van der Waals surface area contributed by atoms with E-state index in [0.29, 0.717) is 17.1 Å². The van der Waals surface area contributed by atoms with Crippen molar-refractivity contribution in [3.8, 4) is 0 Å². The molecule has 8 heteroatoms. The van der Waals surface area contributed by atoms with Gasteiger partial charge in [-0.05, 0) is 36.4 Å². The van der Waals surface area contributed by atoms with Crippen molar-refractivity contribution < 1.29 is 14.0 Å². The monoisotopic (exact) mass is 371 g/mol. The van der Waals surface area contributed by atoms with Crippen molar-refractivity contribution in [2.24, 2.45) is 5.73 Å². The second kappa shape index (κ2) is 8.86. The SMILES string of the molecule is CCC(N)(CC)CNC(=O)c1ccsc1NC(=O)c1ccco1.Cl. The Kier molecular flexibility index (Phi) is 7.47. The molecule has 132 valence electrons. The van der Waals surface area contributed by atoms with Crippen molar-refractivity contribution in [2.45, 2.75) is 32.2 Å². The van der Waals surface area contributed by atoms with Gasteiger partial charge in [0.05, 0.1) is 11.8 Å². The van der Waals surface area contributed by atoms with Crippen LogP contribution in [0.2, 0.25) is 0 Å². The van der Waals surface area contributed by atoms with Gasteiger partial charge in [-0.3, -0.25) is 9.59 Å². The van der Waals surface area contributed by atoms with Gasteiger partial charge in [-0.25, -0.2) is 0 Å². The molecule has 0 saturated carbocycles. The molecule has 0 atom stereocenters. The molecule has 2 amide bonds. The van der Waals surface area contributed by atoms with E-state index >= 15 is 0 Å². The van der Waals surface area contributed by atoms with E-state index in [2.05, 4.69) is 10.6 Å². The van der Waals surface area contributed by atoms with Gasteiger partial charge in [-0.15, -0.1) is 23.7 Å². The molecule has 0 aliphatic rings. The smallest absolute Gasteiger partial charge is 0.291 e. The zero-order valence-electron chi connectivity index (χ0n) is 13.6. The van der Waals surface area contributed by atoms with Gasteiger partial charge in [-0.2, -0.15) is 0 Å². The molecule has 2 heterocycles. The Labute approximate surface area is 151 Å². The van der Waals surface area contributed by atoms with Crippen molar-refractivity contribution in [3.05, 3.63) is 41.2 Å². The zero-order valence-corrected chi connectivity index (χ0v) is 15.3. The Hall–Kier alpha value is -1.83. The van der Waals surface area contributed by atoms with Crippen molar-refractivity contribution in [2.75, 3.05) is 11.9 Å². The van der Waals surface area contributed by atoms with Crippen LogP contribution >= 0.6 is 23.7 Å². The van der Waals surface area contributed by atoms with Crippen molar-refractivity contribution in [1.29, 1.82) is 0 Å². The Balaban J connectivity index is 0.00000288. The number of halogens is 1. The average molecular weight is 372 g/mol. The lowest BCUT2D eigenvalue weighted by Gasteiger charge is -2.26. The normalized spacial score (nSPS) is 10.8. The first-order valence-electron chi connectivity index (χ1n) is 7.48. The Morgan fingerprint density at radius 2 is 1.96 bits per heavy atom. The number of thiophene rings is 1. The van der Waals surface area contributed by atoms with Gasteiger partial charge < -0.3 is 20.8 Å². The minimum absolute atomic E-state index is 0. The molecule has 2 aromatic rings. The molecule has 6 nitrogen and oxygen atoms in total. The predicted octanol–water partition coefficient (Wildman–Crippen LogP) is 3.26. The van der Waals surface area contributed by atoms with E-state index in [1.54, 1.807) is 23.6 Å². The lowest BCUT2D eigenvalue weighted by atomic mass is 9.94. The van der Waals surface area contributed by atoms with Gasteiger partial charge >= 0.3 is 0 Å². The Bertz CT molecular complexity index is 666. The fourth-order valence-corrected chi connectivity index (χ4v) is 2.79. The predicted molar refractivity (Wildman–Crippen MR) is 98.1 cm³/mol. The third-order valence-electron chi connectivity index (χ3n) is 3.89. The molecular formula is C16H22ClN3O3S. The highest BCUT2D eigenvalue weighted by molar-refractivity contribution is 7.14. The quantitative estimate of drug-likeness (QED) is 0.695. The maximum Gasteiger partial charge on any atom is 0.291 e. The third kappa shape index (κ3) is 4.83. The lowest BCUT2D eigenvalue weighted by Crippen LogP contribution is -2.49. The van der Waals surface area contributed by atoms with E-state index in [4.69, 9.17) is 10.2 Å². The van der Waals surface area contributed by atoms with Crippen molar-refractivity contribution in [3.63, 3.8) is 0 Å². The first-order chi connectivity index (χ1) is 11.0. The number of rotatable bonds is 7. The molecule has 0 unspecified atom stereocenters. The van der Waals surface area contributed by atoms with E-state index in [9.17, 15) is 9.59 Å². The number of carbonyl (C=O) groups is 2. The summed E-state index contributed by atoms with van der Waals surface area (Å²) in [5, 5.41) is 7.77. The molecule has 24 heavy (non-hydrogen) atoms. The van der Waals surface area contributed by atoms with E-state index in [1.165, 1.54) is 17.6 Å². The molecule has 0 spiro atoms. The number of anilines is 1. The minimum Gasteiger partial charge on any atom is -0.459 e. The highest BCUT2D eigenvalue weighted by Crippen LogP contribution is 2.24. The summed E-state index contributed by atoms with van der Waals surface area (Å²) < 4.78 is 5.04. The molecule has 0 aliphatic carbocycles. The molecule has 0 saturated heterocycles. The number of amides is 2. The van der Waals surface area contributed by atoms with E-state index < -0.39 is 5.54 Å². The van der Waals surface area contributed by atoms with Crippen LogP contribution in [0.15, 0.2) is 34.3 Å². The first kappa shape index (κ1) is 20.2. The highest BCUT2D eigenvalue weighted by Gasteiger charge is 2.23. The Morgan fingerprint density at radius 3 is 2.54 bits per heavy atom. The van der Waals surface area contributed by atoms with Crippen LogP contribution in [-0.4, -0.2) is 23.9 Å². The number of furan rings is 1.